The van der Waals surface area contributed by atoms with Gasteiger partial charge in [0.2, 0.25) is 0 Å². The zero-order valence-electron chi connectivity index (χ0n) is 16.9. The second-order valence-corrected chi connectivity index (χ2v) is 8.38. The van der Waals surface area contributed by atoms with E-state index in [0.717, 1.165) is 17.7 Å². The summed E-state index contributed by atoms with van der Waals surface area (Å²) in [5.41, 5.74) is 4.98. The molecule has 0 spiro atoms. The highest BCUT2D eigenvalue weighted by Gasteiger charge is 2.14. The predicted molar refractivity (Wildman–Crippen MR) is 122 cm³/mol. The van der Waals surface area contributed by atoms with Crippen LogP contribution >= 0.6 is 12.2 Å². The van der Waals surface area contributed by atoms with Gasteiger partial charge in [-0.15, -0.1) is 0 Å². The molecule has 5 heteroatoms. The number of hydrogen-bond acceptors (Lipinski definition) is 3. The number of carbonyl (C=O) groups is 1. The number of thiocarbonyl (C=S) groups is 1. The maximum atomic E-state index is 12.4. The highest BCUT2D eigenvalue weighted by atomic mass is 32.1. The zero-order valence-corrected chi connectivity index (χ0v) is 17.7. The van der Waals surface area contributed by atoms with E-state index in [1.807, 2.05) is 60.8 Å². The first-order valence-electron chi connectivity index (χ1n) is 9.52. The Kier molecular flexibility index (Phi) is 6.39. The highest BCUT2D eigenvalue weighted by Crippen LogP contribution is 2.22. The topological polar surface area (TPSA) is 54.0 Å². The normalized spacial score (nSPS) is 11.0. The Morgan fingerprint density at radius 1 is 0.966 bits per heavy atom. The molecule has 0 aliphatic carbocycles. The van der Waals surface area contributed by atoms with Crippen molar-refractivity contribution in [3.8, 4) is 0 Å². The van der Waals surface area contributed by atoms with Crippen LogP contribution in [0, 0.1) is 0 Å². The first kappa shape index (κ1) is 20.7. The van der Waals surface area contributed by atoms with Crippen molar-refractivity contribution >= 4 is 28.9 Å². The van der Waals surface area contributed by atoms with Crippen molar-refractivity contribution < 1.29 is 4.79 Å². The minimum absolute atomic E-state index is 0.0506. The highest BCUT2D eigenvalue weighted by molar-refractivity contribution is 7.80. The van der Waals surface area contributed by atoms with Gasteiger partial charge in [0, 0.05) is 23.6 Å². The van der Waals surface area contributed by atoms with E-state index < -0.39 is 0 Å². The summed E-state index contributed by atoms with van der Waals surface area (Å²) in [5, 5.41) is 6.06. The SMILES string of the molecule is CC(C)(C)c1ccc(C(=O)NC(=S)Nc2ccc(Cc3cccnc3)cc2)cc1. The number of aromatic nitrogens is 1. The van der Waals surface area contributed by atoms with Gasteiger partial charge in [-0.1, -0.05) is 51.1 Å². The van der Waals surface area contributed by atoms with Gasteiger partial charge in [0.15, 0.2) is 5.11 Å². The van der Waals surface area contributed by atoms with Crippen molar-refractivity contribution in [1.82, 2.24) is 10.3 Å². The lowest BCUT2D eigenvalue weighted by molar-refractivity contribution is 0.0977. The van der Waals surface area contributed by atoms with Crippen molar-refractivity contribution in [3.63, 3.8) is 0 Å². The number of benzene rings is 2. The van der Waals surface area contributed by atoms with E-state index in [0.29, 0.717) is 5.56 Å². The van der Waals surface area contributed by atoms with Gasteiger partial charge in [-0.05, 0) is 71.1 Å². The number of hydrogen-bond donors (Lipinski definition) is 2. The van der Waals surface area contributed by atoms with Gasteiger partial charge < -0.3 is 5.32 Å². The second-order valence-electron chi connectivity index (χ2n) is 7.97. The molecule has 148 valence electrons. The Hall–Kier alpha value is -3.05. The third kappa shape index (κ3) is 5.96. The molecule has 0 aliphatic rings. The van der Waals surface area contributed by atoms with Crippen LogP contribution in [-0.4, -0.2) is 16.0 Å². The van der Waals surface area contributed by atoms with Crippen LogP contribution < -0.4 is 10.6 Å². The molecular weight excluding hydrogens is 378 g/mol. The number of amides is 1. The smallest absolute Gasteiger partial charge is 0.257 e. The lowest BCUT2D eigenvalue weighted by Gasteiger charge is -2.19. The standard InChI is InChI=1S/C24H25N3OS/c1-24(2,3)20-10-8-19(9-11-20)22(28)27-23(29)26-21-12-6-17(7-13-21)15-18-5-4-14-25-16-18/h4-14,16H,15H2,1-3H3,(H2,26,27,28,29). The van der Waals surface area contributed by atoms with Gasteiger partial charge in [-0.3, -0.25) is 15.1 Å². The van der Waals surface area contributed by atoms with E-state index in [1.165, 1.54) is 11.1 Å². The molecule has 0 aliphatic heterocycles. The number of nitrogens with zero attached hydrogens (tertiary/aromatic N) is 1. The molecule has 1 amide bonds. The van der Waals surface area contributed by atoms with Crippen molar-refractivity contribution in [3.05, 3.63) is 95.3 Å². The van der Waals surface area contributed by atoms with E-state index in [9.17, 15) is 4.79 Å². The summed E-state index contributed by atoms with van der Waals surface area (Å²) < 4.78 is 0. The lowest BCUT2D eigenvalue weighted by atomic mass is 9.87. The van der Waals surface area contributed by atoms with Gasteiger partial charge in [-0.2, -0.15) is 0 Å². The first-order valence-corrected chi connectivity index (χ1v) is 9.93. The van der Waals surface area contributed by atoms with Gasteiger partial charge in [0.1, 0.15) is 0 Å². The third-order valence-corrected chi connectivity index (χ3v) is 4.79. The number of rotatable bonds is 4. The van der Waals surface area contributed by atoms with Crippen molar-refractivity contribution in [1.29, 1.82) is 0 Å². The van der Waals surface area contributed by atoms with Gasteiger partial charge >= 0.3 is 0 Å². The van der Waals surface area contributed by atoms with Crippen molar-refractivity contribution in [2.45, 2.75) is 32.6 Å². The Bertz CT molecular complexity index is 975. The summed E-state index contributed by atoms with van der Waals surface area (Å²) in [6, 6.07) is 19.6. The minimum Gasteiger partial charge on any atom is -0.332 e. The number of nitrogens with one attached hydrogen (secondary N) is 2. The Morgan fingerprint density at radius 2 is 1.66 bits per heavy atom. The molecule has 1 heterocycles. The molecule has 0 fully saturated rings. The fraction of sp³-hybridized carbons (Fsp3) is 0.208. The number of anilines is 1. The van der Waals surface area contributed by atoms with Crippen LogP contribution in [0.15, 0.2) is 73.1 Å². The molecule has 2 aromatic carbocycles. The molecule has 0 saturated carbocycles. The molecule has 0 saturated heterocycles. The first-order chi connectivity index (χ1) is 13.8. The molecule has 0 radical (unpaired) electrons. The van der Waals surface area contributed by atoms with Crippen LogP contribution in [0.3, 0.4) is 0 Å². The minimum atomic E-state index is -0.226. The summed E-state index contributed by atoms with van der Waals surface area (Å²) in [6.07, 6.45) is 4.45. The van der Waals surface area contributed by atoms with Crippen LogP contribution in [-0.2, 0) is 11.8 Å². The average molecular weight is 404 g/mol. The molecule has 0 atom stereocenters. The van der Waals surface area contributed by atoms with Gasteiger partial charge in [0.05, 0.1) is 0 Å². The van der Waals surface area contributed by atoms with Gasteiger partial charge in [0.25, 0.3) is 5.91 Å². The monoisotopic (exact) mass is 403 g/mol. The largest absolute Gasteiger partial charge is 0.332 e. The molecule has 29 heavy (non-hydrogen) atoms. The maximum Gasteiger partial charge on any atom is 0.257 e. The summed E-state index contributed by atoms with van der Waals surface area (Å²) in [5.74, 6) is -0.226. The van der Waals surface area contributed by atoms with Crippen LogP contribution in [0.2, 0.25) is 0 Å². The number of pyridine rings is 1. The summed E-state index contributed by atoms with van der Waals surface area (Å²) in [4.78, 5) is 16.6. The molecule has 0 unspecified atom stereocenters. The molecular formula is C24H25N3OS. The van der Waals surface area contributed by atoms with Crippen LogP contribution in [0.4, 0.5) is 5.69 Å². The summed E-state index contributed by atoms with van der Waals surface area (Å²) >= 11 is 5.28. The molecule has 3 aromatic rings. The predicted octanol–water partition coefficient (Wildman–Crippen LogP) is 5.10. The lowest BCUT2D eigenvalue weighted by Crippen LogP contribution is -2.34. The van der Waals surface area contributed by atoms with Gasteiger partial charge in [-0.25, -0.2) is 0 Å². The summed E-state index contributed by atoms with van der Waals surface area (Å²) in [6.45, 7) is 6.43. The van der Waals surface area contributed by atoms with Crippen LogP contribution in [0.1, 0.15) is 47.8 Å². The fourth-order valence-corrected chi connectivity index (χ4v) is 3.11. The van der Waals surface area contributed by atoms with E-state index >= 15 is 0 Å². The Labute approximate surface area is 177 Å². The second kappa shape index (κ2) is 8.97. The third-order valence-electron chi connectivity index (χ3n) is 4.58. The molecule has 3 rings (SSSR count). The van der Waals surface area contributed by atoms with E-state index in [-0.39, 0.29) is 16.4 Å². The van der Waals surface area contributed by atoms with E-state index in [4.69, 9.17) is 12.2 Å². The molecule has 4 nitrogen and oxygen atoms in total. The summed E-state index contributed by atoms with van der Waals surface area (Å²) in [7, 11) is 0. The Morgan fingerprint density at radius 3 is 2.24 bits per heavy atom. The molecule has 2 N–H and O–H groups in total. The van der Waals surface area contributed by atoms with Crippen molar-refractivity contribution in [2.24, 2.45) is 0 Å². The quantitative estimate of drug-likeness (QED) is 0.595. The maximum absolute atomic E-state index is 12.4. The number of carbonyl (C=O) groups excluding carboxylic acids is 1. The van der Waals surface area contributed by atoms with E-state index in [2.05, 4.69) is 42.5 Å². The van der Waals surface area contributed by atoms with Crippen LogP contribution in [0.25, 0.3) is 0 Å². The van der Waals surface area contributed by atoms with Crippen LogP contribution in [0.5, 0.6) is 0 Å². The zero-order chi connectivity index (χ0) is 20.9. The van der Waals surface area contributed by atoms with E-state index in [1.54, 1.807) is 6.20 Å². The fourth-order valence-electron chi connectivity index (χ4n) is 2.90. The Balaban J connectivity index is 1.55. The van der Waals surface area contributed by atoms with Crippen molar-refractivity contribution in [2.75, 3.05) is 5.32 Å². The molecule has 0 bridgehead atoms. The molecule has 1 aromatic heterocycles. The average Bonchev–Trinajstić information content (AvgIpc) is 2.69.